The molecule has 0 aliphatic heterocycles. The molecule has 0 aromatic carbocycles. The van der Waals surface area contributed by atoms with Crippen LogP contribution in [0.15, 0.2) is 41.3 Å². The van der Waals surface area contributed by atoms with Gasteiger partial charge in [-0.15, -0.1) is 0 Å². The van der Waals surface area contributed by atoms with Crippen LogP contribution in [-0.2, 0) is 6.54 Å². The number of pyridine rings is 1. The molecule has 3 rings (SSSR count). The third kappa shape index (κ3) is 4.92. The van der Waals surface area contributed by atoms with Gasteiger partial charge in [-0.2, -0.15) is 0 Å². The van der Waals surface area contributed by atoms with Crippen LogP contribution >= 0.6 is 0 Å². The maximum absolute atomic E-state index is 12.4. The number of carbonyl (C=O) groups is 2. The van der Waals surface area contributed by atoms with Crippen molar-refractivity contribution in [3.05, 3.63) is 53.7 Å². The molecule has 2 amide bonds. The quantitative estimate of drug-likeness (QED) is 0.819. The molecule has 6 nitrogen and oxygen atoms in total. The Morgan fingerprint density at radius 2 is 1.80 bits per heavy atom. The van der Waals surface area contributed by atoms with Crippen molar-refractivity contribution >= 4 is 11.8 Å². The second-order valence-corrected chi connectivity index (χ2v) is 6.39. The van der Waals surface area contributed by atoms with E-state index in [2.05, 4.69) is 15.6 Å². The average Bonchev–Trinajstić information content (AvgIpc) is 3.03. The van der Waals surface area contributed by atoms with Crippen molar-refractivity contribution in [1.82, 2.24) is 15.6 Å². The lowest BCUT2D eigenvalue weighted by Crippen LogP contribution is -2.34. The molecule has 2 heterocycles. The maximum Gasteiger partial charge on any atom is 0.253 e. The van der Waals surface area contributed by atoms with Crippen molar-refractivity contribution < 1.29 is 14.0 Å². The summed E-state index contributed by atoms with van der Waals surface area (Å²) in [5.74, 6) is 0.219. The third-order valence-corrected chi connectivity index (χ3v) is 4.46. The molecule has 0 spiro atoms. The molecule has 0 bridgehead atoms. The lowest BCUT2D eigenvalue weighted by Gasteiger charge is -2.16. The number of hydrogen-bond acceptors (Lipinski definition) is 4. The first-order chi connectivity index (χ1) is 12.2. The first-order valence-electron chi connectivity index (χ1n) is 8.79. The number of rotatable bonds is 5. The van der Waals surface area contributed by atoms with Gasteiger partial charge in [-0.05, 0) is 31.0 Å². The van der Waals surface area contributed by atoms with Gasteiger partial charge in [0.1, 0.15) is 5.76 Å². The number of nitrogens with zero attached hydrogens (tertiary/aromatic N) is 1. The minimum absolute atomic E-state index is 0.167. The zero-order valence-corrected chi connectivity index (χ0v) is 14.2. The summed E-state index contributed by atoms with van der Waals surface area (Å²) < 4.78 is 5.18. The smallest absolute Gasteiger partial charge is 0.253 e. The number of nitrogens with one attached hydrogen (secondary N) is 2. The number of carbonyl (C=O) groups excluding carboxylic acids is 2. The molecule has 0 unspecified atom stereocenters. The summed E-state index contributed by atoms with van der Waals surface area (Å²) in [7, 11) is 0. The topological polar surface area (TPSA) is 84.2 Å². The van der Waals surface area contributed by atoms with Gasteiger partial charge < -0.3 is 15.1 Å². The molecule has 1 fully saturated rings. The van der Waals surface area contributed by atoms with E-state index in [1.807, 2.05) is 0 Å². The number of aromatic nitrogens is 1. The van der Waals surface area contributed by atoms with Crippen LogP contribution < -0.4 is 10.6 Å². The zero-order valence-electron chi connectivity index (χ0n) is 14.2. The fourth-order valence-electron chi connectivity index (χ4n) is 3.06. The van der Waals surface area contributed by atoms with Crippen LogP contribution in [0.3, 0.4) is 0 Å². The molecular weight excluding hydrogens is 318 g/mol. The van der Waals surface area contributed by atoms with Gasteiger partial charge in [0.2, 0.25) is 0 Å². The predicted molar refractivity (Wildman–Crippen MR) is 93.1 cm³/mol. The van der Waals surface area contributed by atoms with E-state index in [1.165, 1.54) is 25.2 Å². The van der Waals surface area contributed by atoms with Gasteiger partial charge in [0, 0.05) is 18.4 Å². The van der Waals surface area contributed by atoms with E-state index in [4.69, 9.17) is 4.42 Å². The second-order valence-electron chi connectivity index (χ2n) is 6.39. The third-order valence-electron chi connectivity index (χ3n) is 4.46. The molecule has 0 radical (unpaired) electrons. The summed E-state index contributed by atoms with van der Waals surface area (Å²) >= 11 is 0. The van der Waals surface area contributed by atoms with Crippen molar-refractivity contribution in [2.75, 3.05) is 0 Å². The van der Waals surface area contributed by atoms with Gasteiger partial charge in [-0.3, -0.25) is 14.6 Å². The summed E-state index contributed by atoms with van der Waals surface area (Å²) in [6.45, 7) is 0.296. The molecule has 2 N–H and O–H groups in total. The Morgan fingerprint density at radius 1 is 1.08 bits per heavy atom. The molecule has 2 aromatic heterocycles. The van der Waals surface area contributed by atoms with Crippen LogP contribution in [0.1, 0.15) is 65.0 Å². The molecule has 0 atom stereocenters. The Kier molecular flexibility index (Phi) is 5.82. The van der Waals surface area contributed by atoms with E-state index in [1.54, 1.807) is 24.5 Å². The maximum atomic E-state index is 12.4. The van der Waals surface area contributed by atoms with Gasteiger partial charge >= 0.3 is 0 Å². The molecular formula is C19H23N3O3. The van der Waals surface area contributed by atoms with Gasteiger partial charge in [-0.1, -0.05) is 25.7 Å². The van der Waals surface area contributed by atoms with Crippen LogP contribution in [0.2, 0.25) is 0 Å². The van der Waals surface area contributed by atoms with E-state index >= 15 is 0 Å². The Morgan fingerprint density at radius 3 is 2.48 bits per heavy atom. The number of amides is 2. The van der Waals surface area contributed by atoms with E-state index in [0.29, 0.717) is 23.4 Å². The van der Waals surface area contributed by atoms with Crippen molar-refractivity contribution in [1.29, 1.82) is 0 Å². The Balaban J connectivity index is 1.59. The highest BCUT2D eigenvalue weighted by Crippen LogP contribution is 2.17. The first-order valence-corrected chi connectivity index (χ1v) is 8.79. The van der Waals surface area contributed by atoms with E-state index in [0.717, 1.165) is 25.7 Å². The van der Waals surface area contributed by atoms with E-state index in [9.17, 15) is 9.59 Å². The highest BCUT2D eigenvalue weighted by molar-refractivity contribution is 5.99. The monoisotopic (exact) mass is 341 g/mol. The van der Waals surface area contributed by atoms with Crippen LogP contribution in [-0.4, -0.2) is 22.8 Å². The first kappa shape index (κ1) is 17.2. The van der Waals surface area contributed by atoms with Gasteiger partial charge in [0.25, 0.3) is 11.8 Å². The van der Waals surface area contributed by atoms with Crippen molar-refractivity contribution in [3.63, 3.8) is 0 Å². The molecule has 2 aromatic rings. The number of hydrogen-bond donors (Lipinski definition) is 2. The highest BCUT2D eigenvalue weighted by atomic mass is 16.3. The highest BCUT2D eigenvalue weighted by Gasteiger charge is 2.17. The van der Waals surface area contributed by atoms with Gasteiger partial charge in [-0.25, -0.2) is 0 Å². The van der Waals surface area contributed by atoms with Crippen molar-refractivity contribution in [2.24, 2.45) is 0 Å². The summed E-state index contributed by atoms with van der Waals surface area (Å²) in [6.07, 6.45) is 11.3. The molecule has 1 aliphatic carbocycles. The lowest BCUT2D eigenvalue weighted by molar-refractivity contribution is 0.0933. The zero-order chi connectivity index (χ0) is 17.5. The fraction of sp³-hybridized carbons (Fsp3) is 0.421. The number of furan rings is 1. The van der Waals surface area contributed by atoms with E-state index in [-0.39, 0.29) is 17.9 Å². The molecule has 6 heteroatoms. The molecule has 25 heavy (non-hydrogen) atoms. The Bertz CT molecular complexity index is 704. The van der Waals surface area contributed by atoms with Crippen LogP contribution in [0, 0.1) is 0 Å². The average molecular weight is 341 g/mol. The Hall–Kier alpha value is -2.63. The summed E-state index contributed by atoms with van der Waals surface area (Å²) in [6, 6.07) is 5.35. The van der Waals surface area contributed by atoms with Crippen LogP contribution in [0.5, 0.6) is 0 Å². The minimum Gasteiger partial charge on any atom is -0.467 e. The van der Waals surface area contributed by atoms with Crippen LogP contribution in [0.4, 0.5) is 0 Å². The lowest BCUT2D eigenvalue weighted by atomic mass is 10.1. The molecule has 1 aliphatic rings. The van der Waals surface area contributed by atoms with E-state index < -0.39 is 0 Å². The fourth-order valence-corrected chi connectivity index (χ4v) is 3.06. The summed E-state index contributed by atoms with van der Waals surface area (Å²) in [5, 5.41) is 5.82. The second kappa shape index (κ2) is 8.46. The summed E-state index contributed by atoms with van der Waals surface area (Å²) in [5.41, 5.74) is 0.773. The van der Waals surface area contributed by atoms with Gasteiger partial charge in [0.15, 0.2) is 0 Å². The molecule has 132 valence electrons. The predicted octanol–water partition coefficient (Wildman–Crippen LogP) is 3.06. The normalized spacial score (nSPS) is 15.4. The summed E-state index contributed by atoms with van der Waals surface area (Å²) in [4.78, 5) is 28.7. The Labute approximate surface area is 147 Å². The SMILES string of the molecule is O=C(NCc1ccco1)c1cncc(C(=O)NC2CCCCCC2)c1. The van der Waals surface area contributed by atoms with Crippen molar-refractivity contribution in [3.8, 4) is 0 Å². The molecule has 0 saturated heterocycles. The minimum atomic E-state index is -0.284. The molecule has 1 saturated carbocycles. The van der Waals surface area contributed by atoms with Crippen LogP contribution in [0.25, 0.3) is 0 Å². The largest absolute Gasteiger partial charge is 0.467 e. The van der Waals surface area contributed by atoms with Crippen molar-refractivity contribution in [2.45, 2.75) is 51.1 Å². The standard InChI is InChI=1S/C19H23N3O3/c23-18(21-13-17-8-5-9-25-17)14-10-15(12-20-11-14)19(24)22-16-6-3-1-2-4-7-16/h5,8-12,16H,1-4,6-7,13H2,(H,21,23)(H,22,24). The van der Waals surface area contributed by atoms with Gasteiger partial charge in [0.05, 0.1) is 23.9 Å².